The molecular weight excluding hydrogens is 348 g/mol. The predicted octanol–water partition coefficient (Wildman–Crippen LogP) is 5.04. The Morgan fingerprint density at radius 2 is 1.43 bits per heavy atom. The maximum absolute atomic E-state index is 12.6. The lowest BCUT2D eigenvalue weighted by Gasteiger charge is -2.21. The van der Waals surface area contributed by atoms with Crippen LogP contribution in [0.25, 0.3) is 11.1 Å². The molecule has 3 aromatic rings. The summed E-state index contributed by atoms with van der Waals surface area (Å²) in [6, 6.07) is 25.8. The van der Waals surface area contributed by atoms with Gasteiger partial charge >= 0.3 is 0 Å². The molecule has 0 bridgehead atoms. The Bertz CT molecular complexity index is 907. The molecule has 0 radical (unpaired) electrons. The summed E-state index contributed by atoms with van der Waals surface area (Å²) in [5, 5.41) is 6.28. The topological polar surface area (TPSA) is 50.4 Å². The number of amides is 1. The molecule has 144 valence electrons. The van der Waals surface area contributed by atoms with Crippen LogP contribution in [0.2, 0.25) is 0 Å². The van der Waals surface area contributed by atoms with Gasteiger partial charge in [0.1, 0.15) is 5.75 Å². The van der Waals surface area contributed by atoms with Gasteiger partial charge in [0.05, 0.1) is 18.8 Å². The molecule has 0 aliphatic heterocycles. The number of benzene rings is 3. The van der Waals surface area contributed by atoms with E-state index in [4.69, 9.17) is 4.74 Å². The van der Waals surface area contributed by atoms with E-state index in [9.17, 15) is 4.79 Å². The quantitative estimate of drug-likeness (QED) is 0.609. The summed E-state index contributed by atoms with van der Waals surface area (Å²) in [4.78, 5) is 12.6. The van der Waals surface area contributed by atoms with Crippen LogP contribution in [0.15, 0.2) is 78.9 Å². The second-order valence-corrected chi connectivity index (χ2v) is 6.79. The van der Waals surface area contributed by atoms with E-state index in [0.717, 1.165) is 5.56 Å². The molecule has 0 aliphatic rings. The first kappa shape index (κ1) is 19.6. The van der Waals surface area contributed by atoms with Crippen LogP contribution in [0, 0.1) is 0 Å². The number of rotatable bonds is 7. The average molecular weight is 374 g/mol. The smallest absolute Gasteiger partial charge is 0.241 e. The lowest BCUT2D eigenvalue weighted by molar-refractivity contribution is -0.117. The monoisotopic (exact) mass is 374 g/mol. The van der Waals surface area contributed by atoms with E-state index in [1.54, 1.807) is 7.11 Å². The minimum absolute atomic E-state index is 0.0447. The Balaban J connectivity index is 1.62. The summed E-state index contributed by atoms with van der Waals surface area (Å²) in [6.07, 6.45) is 0. The predicted molar refractivity (Wildman–Crippen MR) is 115 cm³/mol. The Morgan fingerprint density at radius 1 is 0.821 bits per heavy atom. The molecule has 1 amide bonds. The number of anilines is 1. The molecule has 3 rings (SSSR count). The van der Waals surface area contributed by atoms with Crippen LogP contribution in [0.1, 0.15) is 25.5 Å². The number of methoxy groups -OCH3 is 1. The van der Waals surface area contributed by atoms with E-state index in [1.165, 1.54) is 11.1 Å². The molecular formula is C24H26N2O2. The number of ether oxygens (including phenoxy) is 1. The maximum atomic E-state index is 12.6. The van der Waals surface area contributed by atoms with Crippen molar-refractivity contribution in [2.45, 2.75) is 25.9 Å². The number of carbonyl (C=O) groups excluding carboxylic acids is 1. The van der Waals surface area contributed by atoms with E-state index in [-0.39, 0.29) is 18.0 Å². The zero-order chi connectivity index (χ0) is 19.9. The molecule has 0 unspecified atom stereocenters. The molecule has 4 nitrogen and oxygen atoms in total. The van der Waals surface area contributed by atoms with Gasteiger partial charge in [0.15, 0.2) is 0 Å². The standard InChI is InChI=1S/C24H26N2O2/c1-17(19-13-15-21(16-14-19)20-9-5-4-6-10-20)25-18(2)24(27)26-22-11-7-8-12-23(22)28-3/h4-18,25H,1-3H3,(H,26,27)/t17-,18-/m0/s1. The summed E-state index contributed by atoms with van der Waals surface area (Å²) in [5.74, 6) is 0.546. The molecule has 3 aromatic carbocycles. The van der Waals surface area contributed by atoms with Gasteiger partial charge in [0.2, 0.25) is 5.91 Å². The molecule has 0 spiro atoms. The van der Waals surface area contributed by atoms with Crippen molar-refractivity contribution < 1.29 is 9.53 Å². The zero-order valence-electron chi connectivity index (χ0n) is 16.5. The minimum atomic E-state index is -0.353. The van der Waals surface area contributed by atoms with Crippen LogP contribution in [-0.4, -0.2) is 19.1 Å². The number of nitrogens with one attached hydrogen (secondary N) is 2. The molecule has 0 heterocycles. The molecule has 0 saturated carbocycles. The van der Waals surface area contributed by atoms with Crippen LogP contribution in [0.5, 0.6) is 5.75 Å². The van der Waals surface area contributed by atoms with Crippen molar-refractivity contribution in [3.8, 4) is 16.9 Å². The SMILES string of the molecule is COc1ccccc1NC(=O)[C@H](C)N[C@@H](C)c1ccc(-c2ccccc2)cc1. The summed E-state index contributed by atoms with van der Waals surface area (Å²) >= 11 is 0. The summed E-state index contributed by atoms with van der Waals surface area (Å²) < 4.78 is 5.29. The van der Waals surface area contributed by atoms with Gasteiger partial charge < -0.3 is 10.1 Å². The van der Waals surface area contributed by atoms with Gasteiger partial charge in [-0.1, -0.05) is 66.7 Å². The van der Waals surface area contributed by atoms with Crippen molar-refractivity contribution >= 4 is 11.6 Å². The van der Waals surface area contributed by atoms with Crippen molar-refractivity contribution in [3.05, 3.63) is 84.4 Å². The molecule has 0 aliphatic carbocycles. The van der Waals surface area contributed by atoms with Gasteiger partial charge in [-0.2, -0.15) is 0 Å². The van der Waals surface area contributed by atoms with E-state index in [0.29, 0.717) is 11.4 Å². The molecule has 2 N–H and O–H groups in total. The van der Waals surface area contributed by atoms with Crippen molar-refractivity contribution in [1.82, 2.24) is 5.32 Å². The van der Waals surface area contributed by atoms with Crippen LogP contribution >= 0.6 is 0 Å². The average Bonchev–Trinajstić information content (AvgIpc) is 2.74. The highest BCUT2D eigenvalue weighted by Gasteiger charge is 2.17. The van der Waals surface area contributed by atoms with Crippen molar-refractivity contribution in [1.29, 1.82) is 0 Å². The summed E-state index contributed by atoms with van der Waals surface area (Å²) in [6.45, 7) is 3.92. The Hall–Kier alpha value is -3.11. The molecule has 4 heteroatoms. The Kier molecular flexibility index (Phi) is 6.45. The lowest BCUT2D eigenvalue weighted by Crippen LogP contribution is -2.39. The highest BCUT2D eigenvalue weighted by atomic mass is 16.5. The van der Waals surface area contributed by atoms with Gasteiger partial charge in [0.25, 0.3) is 0 Å². The van der Waals surface area contributed by atoms with Crippen molar-refractivity contribution in [2.24, 2.45) is 0 Å². The van der Waals surface area contributed by atoms with Gasteiger partial charge in [-0.25, -0.2) is 0 Å². The van der Waals surface area contributed by atoms with E-state index in [2.05, 4.69) is 54.0 Å². The van der Waals surface area contributed by atoms with E-state index in [1.807, 2.05) is 49.4 Å². The third-order valence-electron chi connectivity index (χ3n) is 4.78. The first-order valence-electron chi connectivity index (χ1n) is 9.44. The van der Waals surface area contributed by atoms with Gasteiger partial charge in [-0.05, 0) is 42.7 Å². The number of hydrogen-bond acceptors (Lipinski definition) is 3. The molecule has 2 atom stereocenters. The third-order valence-corrected chi connectivity index (χ3v) is 4.78. The molecule has 0 saturated heterocycles. The van der Waals surface area contributed by atoms with E-state index < -0.39 is 0 Å². The second kappa shape index (κ2) is 9.20. The fourth-order valence-corrected chi connectivity index (χ4v) is 3.13. The summed E-state index contributed by atoms with van der Waals surface area (Å²) in [7, 11) is 1.59. The Morgan fingerprint density at radius 3 is 2.11 bits per heavy atom. The number of para-hydroxylation sites is 2. The van der Waals surface area contributed by atoms with Crippen molar-refractivity contribution in [2.75, 3.05) is 12.4 Å². The van der Waals surface area contributed by atoms with Crippen LogP contribution < -0.4 is 15.4 Å². The van der Waals surface area contributed by atoms with Crippen molar-refractivity contribution in [3.63, 3.8) is 0 Å². The van der Waals surface area contributed by atoms with Crippen LogP contribution in [0.3, 0.4) is 0 Å². The Labute approximate surface area is 166 Å². The highest BCUT2D eigenvalue weighted by molar-refractivity contribution is 5.95. The van der Waals surface area contributed by atoms with Crippen LogP contribution in [0.4, 0.5) is 5.69 Å². The second-order valence-electron chi connectivity index (χ2n) is 6.79. The fraction of sp³-hybridized carbons (Fsp3) is 0.208. The largest absolute Gasteiger partial charge is 0.495 e. The molecule has 0 aromatic heterocycles. The van der Waals surface area contributed by atoms with Gasteiger partial charge in [0, 0.05) is 6.04 Å². The fourth-order valence-electron chi connectivity index (χ4n) is 3.13. The normalized spacial score (nSPS) is 12.8. The first-order valence-corrected chi connectivity index (χ1v) is 9.44. The zero-order valence-corrected chi connectivity index (χ0v) is 16.5. The maximum Gasteiger partial charge on any atom is 0.241 e. The molecule has 0 fully saturated rings. The van der Waals surface area contributed by atoms with Gasteiger partial charge in [-0.3, -0.25) is 10.1 Å². The summed E-state index contributed by atoms with van der Waals surface area (Å²) in [5.41, 5.74) is 4.18. The highest BCUT2D eigenvalue weighted by Crippen LogP contribution is 2.24. The molecule has 28 heavy (non-hydrogen) atoms. The minimum Gasteiger partial charge on any atom is -0.495 e. The third kappa shape index (κ3) is 4.78. The number of carbonyl (C=O) groups is 1. The van der Waals surface area contributed by atoms with Gasteiger partial charge in [-0.15, -0.1) is 0 Å². The first-order chi connectivity index (χ1) is 13.6. The lowest BCUT2D eigenvalue weighted by atomic mass is 10.0. The number of hydrogen-bond donors (Lipinski definition) is 2. The van der Waals surface area contributed by atoms with Crippen LogP contribution in [-0.2, 0) is 4.79 Å². The van der Waals surface area contributed by atoms with E-state index >= 15 is 0 Å².